The highest BCUT2D eigenvalue weighted by atomic mass is 33.1. The SMILES string of the molecule is NCCCC[C@H](NNC(=O)CCSSc1ccccn1)C(=O)N[C@@H](CCCCN)C(=O)N[C@@H](CCCCN)C(=O)NC(=O)CCSSc1ccccn1. The Morgan fingerprint density at radius 2 is 1.04 bits per heavy atom. The van der Waals surface area contributed by atoms with E-state index in [1.807, 2.05) is 36.4 Å². The van der Waals surface area contributed by atoms with Gasteiger partial charge in [-0.15, -0.1) is 0 Å². The number of rotatable bonds is 29. The number of amides is 5. The largest absolute Gasteiger partial charge is 0.343 e. The van der Waals surface area contributed by atoms with Gasteiger partial charge < -0.3 is 27.8 Å². The maximum absolute atomic E-state index is 13.7. The number of carbonyl (C=O) groups is 5. The number of aromatic nitrogens is 2. The molecule has 2 aromatic heterocycles. The normalized spacial score (nSPS) is 12.7. The monoisotopic (exact) mass is 810 g/mol. The van der Waals surface area contributed by atoms with E-state index in [0.29, 0.717) is 76.1 Å². The van der Waals surface area contributed by atoms with Crippen LogP contribution in [-0.4, -0.2) is 88.8 Å². The minimum atomic E-state index is -1.02. The molecule has 0 radical (unpaired) electrons. The zero-order valence-corrected chi connectivity index (χ0v) is 33.2. The standard InChI is InChI=1S/C34H54N10O5S4/c35-18-6-1-11-25(41-34(49)27(13-3-8-20-37)43-44-29(46)17-24-51-53-31-15-5-10-22-39-31)32(47)40-26(12-2-7-19-36)33(48)42-28(45)16-23-50-52-30-14-4-9-21-38-30/h4-5,9-10,14-15,21-22,25-27,43H,1-3,6-8,11-13,16-20,23-24,35-37H2,(H,40,47)(H,41,49)(H,44,46)(H,42,45,48)/t25-,26-,27-/m0/s1. The van der Waals surface area contributed by atoms with Crippen LogP contribution in [0.2, 0.25) is 0 Å². The maximum Gasteiger partial charge on any atom is 0.249 e. The lowest BCUT2D eigenvalue weighted by Gasteiger charge is -2.25. The Labute approximate surface area is 328 Å². The summed E-state index contributed by atoms with van der Waals surface area (Å²) >= 11 is 0. The zero-order chi connectivity index (χ0) is 38.5. The Kier molecular flexibility index (Phi) is 25.7. The van der Waals surface area contributed by atoms with Crippen LogP contribution >= 0.6 is 43.2 Å². The van der Waals surface area contributed by atoms with Crippen molar-refractivity contribution in [2.45, 2.75) is 98.8 Å². The maximum atomic E-state index is 13.7. The first-order valence-electron chi connectivity index (χ1n) is 17.8. The quantitative estimate of drug-likeness (QED) is 0.0334. The zero-order valence-electron chi connectivity index (χ0n) is 30.0. The van der Waals surface area contributed by atoms with Crippen molar-refractivity contribution in [3.05, 3.63) is 48.8 Å². The number of hydrogen-bond acceptors (Lipinski definition) is 15. The van der Waals surface area contributed by atoms with E-state index in [1.54, 1.807) is 12.4 Å². The molecular formula is C34H54N10O5S4. The molecule has 0 unspecified atom stereocenters. The molecule has 0 saturated carbocycles. The molecular weight excluding hydrogens is 757 g/mol. The molecule has 15 nitrogen and oxygen atoms in total. The summed E-state index contributed by atoms with van der Waals surface area (Å²) in [5.41, 5.74) is 22.5. The van der Waals surface area contributed by atoms with Gasteiger partial charge in [0, 0.05) is 36.7 Å². The van der Waals surface area contributed by atoms with Crippen molar-refractivity contribution in [3.8, 4) is 0 Å². The van der Waals surface area contributed by atoms with Gasteiger partial charge in [-0.1, -0.05) is 40.1 Å². The molecule has 2 aromatic rings. The van der Waals surface area contributed by atoms with Crippen molar-refractivity contribution >= 4 is 72.7 Å². The molecule has 5 amide bonds. The van der Waals surface area contributed by atoms with Gasteiger partial charge in [0.1, 0.15) is 28.2 Å². The van der Waals surface area contributed by atoms with Gasteiger partial charge in [0.05, 0.1) is 0 Å². The predicted molar refractivity (Wildman–Crippen MR) is 215 cm³/mol. The van der Waals surface area contributed by atoms with E-state index >= 15 is 0 Å². The summed E-state index contributed by atoms with van der Waals surface area (Å²) < 4.78 is 0. The molecule has 0 aliphatic heterocycles. The van der Waals surface area contributed by atoms with E-state index < -0.39 is 41.8 Å². The molecule has 53 heavy (non-hydrogen) atoms. The van der Waals surface area contributed by atoms with E-state index in [1.165, 1.54) is 43.2 Å². The van der Waals surface area contributed by atoms with Crippen LogP contribution in [0.3, 0.4) is 0 Å². The molecule has 0 bridgehead atoms. The van der Waals surface area contributed by atoms with Crippen LogP contribution in [-0.2, 0) is 24.0 Å². The van der Waals surface area contributed by atoms with Gasteiger partial charge in [0.15, 0.2) is 0 Å². The molecule has 11 N–H and O–H groups in total. The lowest BCUT2D eigenvalue weighted by molar-refractivity contribution is -0.135. The number of carbonyl (C=O) groups excluding carboxylic acids is 5. The van der Waals surface area contributed by atoms with Crippen LogP contribution in [0.25, 0.3) is 0 Å². The smallest absolute Gasteiger partial charge is 0.249 e. The summed E-state index contributed by atoms with van der Waals surface area (Å²) in [7, 11) is 5.85. The predicted octanol–water partition coefficient (Wildman–Crippen LogP) is 2.43. The average molecular weight is 811 g/mol. The Morgan fingerprint density at radius 1 is 0.585 bits per heavy atom. The first kappa shape index (κ1) is 46.2. The Bertz CT molecular complexity index is 1350. The summed E-state index contributed by atoms with van der Waals surface area (Å²) in [5.74, 6) is -1.47. The van der Waals surface area contributed by atoms with Gasteiger partial charge in [-0.25, -0.2) is 15.4 Å². The number of hydrazine groups is 1. The molecule has 19 heteroatoms. The minimum Gasteiger partial charge on any atom is -0.343 e. The molecule has 0 spiro atoms. The average Bonchev–Trinajstić information content (AvgIpc) is 3.16. The number of hydrogen-bond donors (Lipinski definition) is 8. The summed E-state index contributed by atoms with van der Waals surface area (Å²) in [6.45, 7) is 1.25. The van der Waals surface area contributed by atoms with Crippen molar-refractivity contribution in [1.82, 2.24) is 36.8 Å². The van der Waals surface area contributed by atoms with Crippen molar-refractivity contribution in [3.63, 3.8) is 0 Å². The van der Waals surface area contributed by atoms with Crippen LogP contribution < -0.4 is 44.0 Å². The van der Waals surface area contributed by atoms with Crippen LogP contribution in [0.4, 0.5) is 0 Å². The summed E-state index contributed by atoms with van der Waals surface area (Å²) in [4.78, 5) is 74.2. The topological polar surface area (TPSA) is 249 Å². The second-order valence-electron chi connectivity index (χ2n) is 11.8. The second kappa shape index (κ2) is 29.4. The molecule has 0 saturated heterocycles. The first-order chi connectivity index (χ1) is 25.8. The third kappa shape index (κ3) is 21.5. The van der Waals surface area contributed by atoms with Gasteiger partial charge in [0.2, 0.25) is 29.5 Å². The van der Waals surface area contributed by atoms with E-state index in [2.05, 4.69) is 36.8 Å². The number of unbranched alkanes of at least 4 members (excludes halogenated alkanes) is 3. The van der Waals surface area contributed by atoms with E-state index in [-0.39, 0.29) is 31.6 Å². The molecule has 3 atom stereocenters. The molecule has 2 heterocycles. The number of nitrogens with two attached hydrogens (primary N) is 3. The highest BCUT2D eigenvalue weighted by Crippen LogP contribution is 2.30. The summed E-state index contributed by atoms with van der Waals surface area (Å²) in [6, 6.07) is 8.32. The highest BCUT2D eigenvalue weighted by Gasteiger charge is 2.29. The number of nitrogens with one attached hydrogen (secondary N) is 5. The van der Waals surface area contributed by atoms with Crippen molar-refractivity contribution < 1.29 is 24.0 Å². The van der Waals surface area contributed by atoms with Gasteiger partial charge in [0.25, 0.3) is 0 Å². The third-order valence-electron chi connectivity index (χ3n) is 7.46. The van der Waals surface area contributed by atoms with Gasteiger partial charge >= 0.3 is 0 Å². The number of imide groups is 1. The highest BCUT2D eigenvalue weighted by molar-refractivity contribution is 8.77. The molecule has 0 fully saturated rings. The van der Waals surface area contributed by atoms with Crippen molar-refractivity contribution in [2.24, 2.45) is 17.2 Å². The molecule has 0 aliphatic rings. The fourth-order valence-corrected chi connectivity index (χ4v) is 8.35. The van der Waals surface area contributed by atoms with Gasteiger partial charge in [-0.05, 0) is 117 Å². The fraction of sp³-hybridized carbons (Fsp3) is 0.559. The van der Waals surface area contributed by atoms with E-state index in [9.17, 15) is 24.0 Å². The number of nitrogens with zero attached hydrogens (tertiary/aromatic N) is 2. The van der Waals surface area contributed by atoms with E-state index in [0.717, 1.165) is 10.1 Å². The molecule has 2 rings (SSSR count). The lowest BCUT2D eigenvalue weighted by Crippen LogP contribution is -2.58. The van der Waals surface area contributed by atoms with Crippen LogP contribution in [0.1, 0.15) is 70.6 Å². The van der Waals surface area contributed by atoms with Gasteiger partial charge in [-0.2, -0.15) is 0 Å². The van der Waals surface area contributed by atoms with Crippen LogP contribution in [0, 0.1) is 0 Å². The first-order valence-corrected chi connectivity index (χ1v) is 22.4. The summed E-state index contributed by atoms with van der Waals surface area (Å²) in [5, 5.41) is 9.65. The second-order valence-corrected chi connectivity index (χ2v) is 16.7. The molecule has 0 aromatic carbocycles. The summed E-state index contributed by atoms with van der Waals surface area (Å²) in [6.07, 6.45) is 8.17. The van der Waals surface area contributed by atoms with Crippen molar-refractivity contribution in [2.75, 3.05) is 31.1 Å². The van der Waals surface area contributed by atoms with Gasteiger partial charge in [-0.3, -0.25) is 34.7 Å². The Balaban J connectivity index is 1.99. The third-order valence-corrected chi connectivity index (χ3v) is 12.0. The Hall–Kier alpha value is -2.91. The lowest BCUT2D eigenvalue weighted by atomic mass is 10.0. The fourth-order valence-electron chi connectivity index (χ4n) is 4.61. The number of pyridine rings is 2. The minimum absolute atomic E-state index is 0.0928. The molecule has 0 aliphatic carbocycles. The molecule has 294 valence electrons. The van der Waals surface area contributed by atoms with Crippen molar-refractivity contribution in [1.29, 1.82) is 0 Å². The van der Waals surface area contributed by atoms with E-state index in [4.69, 9.17) is 17.2 Å². The van der Waals surface area contributed by atoms with Crippen LogP contribution in [0.15, 0.2) is 58.8 Å². The Morgan fingerprint density at radius 3 is 1.51 bits per heavy atom. The van der Waals surface area contributed by atoms with Crippen LogP contribution in [0.5, 0.6) is 0 Å².